The maximum atomic E-state index is 12.2. The van der Waals surface area contributed by atoms with Gasteiger partial charge in [0.05, 0.1) is 15.5 Å². The number of halogens is 1. The fourth-order valence-corrected chi connectivity index (χ4v) is 3.13. The Balaban J connectivity index is 2.33. The summed E-state index contributed by atoms with van der Waals surface area (Å²) in [6.45, 7) is 3.54. The summed E-state index contributed by atoms with van der Waals surface area (Å²) >= 11 is 5.96. The number of nitrogens with one attached hydrogen (secondary N) is 1. The van der Waals surface area contributed by atoms with E-state index in [1.807, 2.05) is 11.6 Å². The van der Waals surface area contributed by atoms with Crippen LogP contribution < -0.4 is 4.72 Å². The fourth-order valence-electron chi connectivity index (χ4n) is 1.87. The molecule has 2 rings (SSSR count). The second-order valence-electron chi connectivity index (χ2n) is 4.68. The van der Waals surface area contributed by atoms with Gasteiger partial charge < -0.3 is 0 Å². The molecule has 0 fully saturated rings. The third-order valence-corrected chi connectivity index (χ3v) is 4.67. The van der Waals surface area contributed by atoms with Crippen molar-refractivity contribution in [1.82, 2.24) is 4.72 Å². The van der Waals surface area contributed by atoms with Gasteiger partial charge >= 0.3 is 0 Å². The molecule has 0 aromatic heterocycles. The van der Waals surface area contributed by atoms with E-state index < -0.39 is 15.9 Å². The highest BCUT2D eigenvalue weighted by Crippen LogP contribution is 2.20. The number of rotatable bonds is 3. The van der Waals surface area contributed by atoms with E-state index in [-0.39, 0.29) is 15.5 Å². The van der Waals surface area contributed by atoms with Crippen molar-refractivity contribution >= 4 is 27.5 Å². The lowest BCUT2D eigenvalue weighted by Crippen LogP contribution is -2.31. The zero-order valence-corrected chi connectivity index (χ0v) is 13.1. The summed E-state index contributed by atoms with van der Waals surface area (Å²) in [4.78, 5) is 12.2. The van der Waals surface area contributed by atoms with Crippen molar-refractivity contribution in [3.8, 4) is 0 Å². The highest BCUT2D eigenvalue weighted by Gasteiger charge is 2.21. The molecule has 0 aliphatic rings. The summed E-state index contributed by atoms with van der Waals surface area (Å²) < 4.78 is 26.4. The number of carbonyl (C=O) groups is 1. The van der Waals surface area contributed by atoms with Gasteiger partial charge in [0.2, 0.25) is 0 Å². The van der Waals surface area contributed by atoms with Gasteiger partial charge in [-0.25, -0.2) is 13.1 Å². The van der Waals surface area contributed by atoms with E-state index in [1.54, 1.807) is 37.3 Å². The number of sulfonamides is 1. The van der Waals surface area contributed by atoms with Crippen LogP contribution in [0.15, 0.2) is 47.4 Å². The molecule has 0 atom stereocenters. The molecule has 0 spiro atoms. The van der Waals surface area contributed by atoms with Gasteiger partial charge in [-0.15, -0.1) is 0 Å². The van der Waals surface area contributed by atoms with Crippen LogP contribution in [0.1, 0.15) is 21.5 Å². The number of benzene rings is 2. The summed E-state index contributed by atoms with van der Waals surface area (Å²) in [5.74, 6) is -0.737. The molecule has 0 bridgehead atoms. The van der Waals surface area contributed by atoms with Crippen LogP contribution in [-0.4, -0.2) is 14.3 Å². The Morgan fingerprint density at radius 1 is 1.05 bits per heavy atom. The zero-order chi connectivity index (χ0) is 15.6. The molecule has 0 saturated heterocycles. The van der Waals surface area contributed by atoms with Crippen molar-refractivity contribution in [2.45, 2.75) is 18.7 Å². The normalized spacial score (nSPS) is 11.2. The molecule has 21 heavy (non-hydrogen) atoms. The largest absolute Gasteiger partial charge is 0.268 e. The maximum absolute atomic E-state index is 12.2. The molecule has 0 aliphatic carbocycles. The van der Waals surface area contributed by atoms with E-state index in [2.05, 4.69) is 0 Å². The van der Waals surface area contributed by atoms with E-state index in [9.17, 15) is 13.2 Å². The Bertz CT molecular complexity index is 763. The van der Waals surface area contributed by atoms with Gasteiger partial charge in [-0.05, 0) is 37.6 Å². The standard InChI is InChI=1S/C15H14ClNO3S/c1-10-6-8-12(9-7-10)21(19,20)17-15(18)14-11(2)4-3-5-13(14)16/h3-9H,1-2H3,(H,17,18). The fraction of sp³-hybridized carbons (Fsp3) is 0.133. The van der Waals surface area contributed by atoms with Crippen molar-refractivity contribution in [3.05, 3.63) is 64.2 Å². The van der Waals surface area contributed by atoms with Gasteiger partial charge in [-0.2, -0.15) is 0 Å². The Morgan fingerprint density at radius 2 is 1.67 bits per heavy atom. The van der Waals surface area contributed by atoms with E-state index >= 15 is 0 Å². The topological polar surface area (TPSA) is 63.2 Å². The second-order valence-corrected chi connectivity index (χ2v) is 6.77. The van der Waals surface area contributed by atoms with Crippen molar-refractivity contribution in [2.75, 3.05) is 0 Å². The minimum atomic E-state index is -3.92. The van der Waals surface area contributed by atoms with Crippen LogP contribution in [0.3, 0.4) is 0 Å². The molecule has 0 saturated carbocycles. The van der Waals surface area contributed by atoms with E-state index in [4.69, 9.17) is 11.6 Å². The smallest absolute Gasteiger partial charge is 0.266 e. The van der Waals surface area contributed by atoms with Crippen LogP contribution in [0.5, 0.6) is 0 Å². The van der Waals surface area contributed by atoms with Crippen molar-refractivity contribution in [2.24, 2.45) is 0 Å². The molecule has 6 heteroatoms. The van der Waals surface area contributed by atoms with Crippen LogP contribution in [0, 0.1) is 13.8 Å². The summed E-state index contributed by atoms with van der Waals surface area (Å²) in [6, 6.07) is 11.2. The molecule has 0 aliphatic heterocycles. The third-order valence-electron chi connectivity index (χ3n) is 3.01. The Hall–Kier alpha value is -1.85. The lowest BCUT2D eigenvalue weighted by atomic mass is 10.1. The van der Waals surface area contributed by atoms with Gasteiger partial charge in [0.15, 0.2) is 0 Å². The van der Waals surface area contributed by atoms with Crippen LogP contribution in [-0.2, 0) is 10.0 Å². The molecule has 1 N–H and O–H groups in total. The third kappa shape index (κ3) is 3.43. The van der Waals surface area contributed by atoms with Gasteiger partial charge in [0.1, 0.15) is 0 Å². The summed E-state index contributed by atoms with van der Waals surface area (Å²) in [5.41, 5.74) is 1.70. The van der Waals surface area contributed by atoms with E-state index in [0.717, 1.165) is 5.56 Å². The van der Waals surface area contributed by atoms with Gasteiger partial charge in [0.25, 0.3) is 15.9 Å². The SMILES string of the molecule is Cc1ccc(S(=O)(=O)NC(=O)c2c(C)cccc2Cl)cc1. The first-order valence-corrected chi connectivity index (χ1v) is 8.06. The molecule has 110 valence electrons. The van der Waals surface area contributed by atoms with Crippen molar-refractivity contribution < 1.29 is 13.2 Å². The second kappa shape index (κ2) is 5.87. The Morgan fingerprint density at radius 3 is 2.24 bits per heavy atom. The maximum Gasteiger partial charge on any atom is 0.266 e. The van der Waals surface area contributed by atoms with Crippen molar-refractivity contribution in [3.63, 3.8) is 0 Å². The van der Waals surface area contributed by atoms with Crippen LogP contribution in [0.25, 0.3) is 0 Å². The van der Waals surface area contributed by atoms with Gasteiger partial charge in [-0.3, -0.25) is 4.79 Å². The molecule has 1 amide bonds. The first-order valence-electron chi connectivity index (χ1n) is 6.20. The molecule has 4 nitrogen and oxygen atoms in total. The zero-order valence-electron chi connectivity index (χ0n) is 11.6. The van der Waals surface area contributed by atoms with Gasteiger partial charge in [0, 0.05) is 0 Å². The predicted octanol–water partition coefficient (Wildman–Crippen LogP) is 3.08. The monoisotopic (exact) mass is 323 g/mol. The number of amides is 1. The van der Waals surface area contributed by atoms with Crippen LogP contribution >= 0.6 is 11.6 Å². The predicted molar refractivity (Wildman–Crippen MR) is 82.0 cm³/mol. The molecular weight excluding hydrogens is 310 g/mol. The average molecular weight is 324 g/mol. The number of hydrogen-bond donors (Lipinski definition) is 1. The van der Waals surface area contributed by atoms with Gasteiger partial charge in [-0.1, -0.05) is 41.4 Å². The molecular formula is C15H14ClNO3S. The summed E-state index contributed by atoms with van der Waals surface area (Å²) in [7, 11) is -3.92. The molecule has 0 radical (unpaired) electrons. The molecule has 0 heterocycles. The molecule has 0 unspecified atom stereocenters. The average Bonchev–Trinajstić information content (AvgIpc) is 2.38. The number of hydrogen-bond acceptors (Lipinski definition) is 3. The quantitative estimate of drug-likeness (QED) is 0.944. The number of aryl methyl sites for hydroxylation is 2. The van der Waals surface area contributed by atoms with Crippen molar-refractivity contribution in [1.29, 1.82) is 0 Å². The first kappa shape index (κ1) is 15.5. The lowest BCUT2D eigenvalue weighted by molar-refractivity contribution is 0.0981. The highest BCUT2D eigenvalue weighted by atomic mass is 35.5. The Kier molecular flexibility index (Phi) is 4.34. The molecule has 2 aromatic carbocycles. The lowest BCUT2D eigenvalue weighted by Gasteiger charge is -2.10. The van der Waals surface area contributed by atoms with Crippen LogP contribution in [0.2, 0.25) is 5.02 Å². The Labute approximate surface area is 128 Å². The molecule has 2 aromatic rings. The van der Waals surface area contributed by atoms with Crippen LogP contribution in [0.4, 0.5) is 0 Å². The minimum Gasteiger partial charge on any atom is -0.268 e. The van der Waals surface area contributed by atoms with E-state index in [1.165, 1.54) is 12.1 Å². The van der Waals surface area contributed by atoms with E-state index in [0.29, 0.717) is 5.56 Å². The minimum absolute atomic E-state index is 0.0335. The first-order chi connectivity index (χ1) is 9.81. The highest BCUT2D eigenvalue weighted by molar-refractivity contribution is 7.90. The summed E-state index contributed by atoms with van der Waals surface area (Å²) in [5, 5.41) is 0.214. The number of carbonyl (C=O) groups excluding carboxylic acids is 1. The summed E-state index contributed by atoms with van der Waals surface area (Å²) in [6.07, 6.45) is 0.